The molecule has 11 nitrogen and oxygen atoms in total. The number of halogens is 1. The quantitative estimate of drug-likeness (QED) is 0.115. The standard InChI is InChI=1S/C29H24ClN7O4S2/c30-19-5-1-18(2-6-19)28-36-20(15-42-28)16-43-29-23(12-32)26(22(11-31)27(34)37-29)17-3-7-21(8-4-17)40-9-10-41-25(39)14-35-24(38)13-33/h1-8,15H,9-10,13-14,16,33H2,(H2,34,37)(H,35,38). The van der Waals surface area contributed by atoms with Gasteiger partial charge in [-0.1, -0.05) is 47.6 Å². The smallest absolute Gasteiger partial charge is 0.325 e. The van der Waals surface area contributed by atoms with Gasteiger partial charge in [-0.25, -0.2) is 9.97 Å². The van der Waals surface area contributed by atoms with Crippen molar-refractivity contribution in [1.82, 2.24) is 15.3 Å². The molecule has 0 radical (unpaired) electrons. The van der Waals surface area contributed by atoms with E-state index in [0.29, 0.717) is 32.7 Å². The molecular formula is C29H24ClN7O4S2. The second-order valence-corrected chi connectivity index (χ2v) is 10.9. The summed E-state index contributed by atoms with van der Waals surface area (Å²) in [6.07, 6.45) is 0. The number of nitriles is 2. The minimum atomic E-state index is -0.616. The number of nitrogen functional groups attached to an aromatic ring is 1. The molecule has 5 N–H and O–H groups in total. The van der Waals surface area contributed by atoms with Crippen molar-refractivity contribution in [1.29, 1.82) is 10.5 Å². The highest BCUT2D eigenvalue weighted by Crippen LogP contribution is 2.37. The van der Waals surface area contributed by atoms with Gasteiger partial charge >= 0.3 is 5.97 Å². The molecule has 2 aromatic carbocycles. The van der Waals surface area contributed by atoms with E-state index >= 15 is 0 Å². The van der Waals surface area contributed by atoms with Crippen LogP contribution < -0.4 is 21.5 Å². The van der Waals surface area contributed by atoms with Crippen molar-refractivity contribution in [3.8, 4) is 39.6 Å². The van der Waals surface area contributed by atoms with Crippen LogP contribution in [0.1, 0.15) is 16.8 Å². The lowest BCUT2D eigenvalue weighted by molar-refractivity contribution is -0.144. The maximum atomic E-state index is 11.6. The Kier molecular flexibility index (Phi) is 10.9. The monoisotopic (exact) mass is 633 g/mol. The lowest BCUT2D eigenvalue weighted by Gasteiger charge is -2.13. The average Bonchev–Trinajstić information content (AvgIpc) is 3.50. The molecule has 14 heteroatoms. The SMILES string of the molecule is N#Cc1c(N)nc(SCc2csc(-c3ccc(Cl)cc3)n2)c(C#N)c1-c1ccc(OCCOC(=O)CNC(=O)CN)cc1. The van der Waals surface area contributed by atoms with Crippen LogP contribution in [0.25, 0.3) is 21.7 Å². The number of hydrogen-bond donors (Lipinski definition) is 3. The van der Waals surface area contributed by atoms with Gasteiger partial charge in [-0.15, -0.1) is 11.3 Å². The van der Waals surface area contributed by atoms with Crippen LogP contribution in [0.2, 0.25) is 5.02 Å². The Morgan fingerprint density at radius 1 is 1.00 bits per heavy atom. The van der Waals surface area contributed by atoms with E-state index in [-0.39, 0.29) is 43.2 Å². The summed E-state index contributed by atoms with van der Waals surface area (Å²) in [5, 5.41) is 26.1. The number of thiazole rings is 1. The van der Waals surface area contributed by atoms with Gasteiger partial charge in [0.2, 0.25) is 5.91 Å². The number of carbonyl (C=O) groups is 2. The molecule has 0 bridgehead atoms. The van der Waals surface area contributed by atoms with Gasteiger partial charge in [0.1, 0.15) is 59.1 Å². The number of esters is 1. The normalized spacial score (nSPS) is 10.4. The largest absolute Gasteiger partial charge is 0.490 e. The van der Waals surface area contributed by atoms with Gasteiger partial charge in [0.25, 0.3) is 0 Å². The maximum Gasteiger partial charge on any atom is 0.325 e. The predicted octanol–water partition coefficient (Wildman–Crippen LogP) is 4.14. The number of benzene rings is 2. The third-order valence-electron chi connectivity index (χ3n) is 5.79. The van der Waals surface area contributed by atoms with Gasteiger partial charge in [-0.05, 0) is 29.8 Å². The first kappa shape index (κ1) is 31.3. The fraction of sp³-hybridized carbons (Fsp3) is 0.172. The van der Waals surface area contributed by atoms with E-state index in [1.165, 1.54) is 23.1 Å². The van der Waals surface area contributed by atoms with E-state index in [9.17, 15) is 20.1 Å². The molecule has 0 saturated carbocycles. The minimum Gasteiger partial charge on any atom is -0.490 e. The van der Waals surface area contributed by atoms with Crippen molar-refractivity contribution in [2.75, 3.05) is 32.0 Å². The number of pyridine rings is 1. The molecule has 218 valence electrons. The van der Waals surface area contributed by atoms with E-state index in [1.54, 1.807) is 24.3 Å². The van der Waals surface area contributed by atoms with Crippen LogP contribution >= 0.6 is 34.7 Å². The molecule has 2 aromatic heterocycles. The second kappa shape index (κ2) is 15.0. The topological polar surface area (TPSA) is 190 Å². The highest BCUT2D eigenvalue weighted by atomic mass is 35.5. The number of anilines is 1. The van der Waals surface area contributed by atoms with E-state index in [0.717, 1.165) is 16.3 Å². The maximum absolute atomic E-state index is 11.6. The third-order valence-corrected chi connectivity index (χ3v) is 7.99. The summed E-state index contributed by atoms with van der Waals surface area (Å²) < 4.78 is 10.6. The van der Waals surface area contributed by atoms with Crippen LogP contribution in [0.15, 0.2) is 58.9 Å². The molecule has 4 aromatic rings. The number of nitrogens with zero attached hydrogens (tertiary/aromatic N) is 4. The van der Waals surface area contributed by atoms with Crippen molar-refractivity contribution in [2.45, 2.75) is 10.8 Å². The highest BCUT2D eigenvalue weighted by molar-refractivity contribution is 7.98. The molecule has 0 aliphatic rings. The molecule has 0 fully saturated rings. The summed E-state index contributed by atoms with van der Waals surface area (Å²) in [6, 6.07) is 18.4. The molecule has 0 unspecified atom stereocenters. The van der Waals surface area contributed by atoms with Crippen LogP contribution in [0.5, 0.6) is 5.75 Å². The summed E-state index contributed by atoms with van der Waals surface area (Å²) in [6.45, 7) is -0.458. The van der Waals surface area contributed by atoms with Gasteiger partial charge in [0.15, 0.2) is 0 Å². The van der Waals surface area contributed by atoms with Crippen LogP contribution in [0, 0.1) is 22.7 Å². The highest BCUT2D eigenvalue weighted by Gasteiger charge is 2.21. The molecule has 4 rings (SSSR count). The fourth-order valence-electron chi connectivity index (χ4n) is 3.76. The Bertz CT molecular complexity index is 1700. The van der Waals surface area contributed by atoms with Gasteiger partial charge < -0.3 is 26.3 Å². The Morgan fingerprint density at radius 3 is 2.37 bits per heavy atom. The molecule has 0 aliphatic heterocycles. The van der Waals surface area contributed by atoms with Crippen LogP contribution in [0.4, 0.5) is 5.82 Å². The molecule has 1 amide bonds. The van der Waals surface area contributed by atoms with E-state index in [2.05, 4.69) is 27.4 Å². The van der Waals surface area contributed by atoms with Crippen LogP contribution in [0.3, 0.4) is 0 Å². The number of ether oxygens (including phenoxy) is 2. The van der Waals surface area contributed by atoms with Gasteiger partial charge in [-0.3, -0.25) is 9.59 Å². The Hall–Kier alpha value is -4.66. The lowest BCUT2D eigenvalue weighted by Crippen LogP contribution is -2.35. The molecule has 0 spiro atoms. The Balaban J connectivity index is 1.44. The Labute approximate surface area is 260 Å². The van der Waals surface area contributed by atoms with Crippen molar-refractivity contribution in [2.24, 2.45) is 5.73 Å². The van der Waals surface area contributed by atoms with Gasteiger partial charge in [0.05, 0.1) is 17.8 Å². The van der Waals surface area contributed by atoms with E-state index < -0.39 is 11.9 Å². The van der Waals surface area contributed by atoms with Crippen molar-refractivity contribution in [3.63, 3.8) is 0 Å². The second-order valence-electron chi connectivity index (χ2n) is 8.66. The zero-order valence-electron chi connectivity index (χ0n) is 22.5. The van der Waals surface area contributed by atoms with Crippen molar-refractivity contribution < 1.29 is 19.1 Å². The van der Waals surface area contributed by atoms with E-state index in [4.69, 9.17) is 32.5 Å². The van der Waals surface area contributed by atoms with E-state index in [1.807, 2.05) is 29.6 Å². The molecule has 43 heavy (non-hydrogen) atoms. The summed E-state index contributed by atoms with van der Waals surface area (Å²) in [5.74, 6) is -0.145. The lowest BCUT2D eigenvalue weighted by atomic mass is 9.97. The number of nitrogens with two attached hydrogens (primary N) is 2. The number of hydrogen-bond acceptors (Lipinski definition) is 12. The average molecular weight is 634 g/mol. The molecule has 0 saturated heterocycles. The number of amides is 1. The van der Waals surface area contributed by atoms with Crippen molar-refractivity contribution in [3.05, 3.63) is 75.8 Å². The first-order valence-electron chi connectivity index (χ1n) is 12.6. The fourth-order valence-corrected chi connectivity index (χ4v) is 5.70. The summed E-state index contributed by atoms with van der Waals surface area (Å²) in [4.78, 5) is 31.8. The minimum absolute atomic E-state index is 0.0175. The van der Waals surface area contributed by atoms with Crippen LogP contribution in [-0.2, 0) is 20.1 Å². The molecule has 0 aliphatic carbocycles. The molecule has 2 heterocycles. The third kappa shape index (κ3) is 8.22. The number of aromatic nitrogens is 2. The zero-order valence-corrected chi connectivity index (χ0v) is 24.9. The molecule has 0 atom stereocenters. The van der Waals surface area contributed by atoms with Gasteiger partial charge in [-0.2, -0.15) is 10.5 Å². The Morgan fingerprint density at radius 2 is 1.70 bits per heavy atom. The zero-order chi connectivity index (χ0) is 30.8. The summed E-state index contributed by atoms with van der Waals surface area (Å²) >= 11 is 8.79. The van der Waals surface area contributed by atoms with Crippen molar-refractivity contribution >= 4 is 52.4 Å². The number of thioether (sulfide) groups is 1. The summed E-state index contributed by atoms with van der Waals surface area (Å²) in [5.41, 5.74) is 14.4. The predicted molar refractivity (Wildman–Crippen MR) is 164 cm³/mol. The van der Waals surface area contributed by atoms with Gasteiger partial charge in [0, 0.05) is 27.3 Å². The number of rotatable bonds is 12. The summed E-state index contributed by atoms with van der Waals surface area (Å²) in [7, 11) is 0. The number of nitrogens with one attached hydrogen (secondary N) is 1. The number of carbonyl (C=O) groups excluding carboxylic acids is 2. The van der Waals surface area contributed by atoms with Crippen LogP contribution in [-0.4, -0.2) is 48.1 Å². The molecular weight excluding hydrogens is 610 g/mol. The first-order chi connectivity index (χ1) is 20.8. The first-order valence-corrected chi connectivity index (χ1v) is 14.9.